The zero-order chi connectivity index (χ0) is 12.5. The van der Waals surface area contributed by atoms with Gasteiger partial charge in [0.1, 0.15) is 11.6 Å². The van der Waals surface area contributed by atoms with Gasteiger partial charge in [-0.15, -0.1) is 0 Å². The fourth-order valence-electron chi connectivity index (χ4n) is 1.71. The van der Waals surface area contributed by atoms with Crippen LogP contribution in [0.4, 0.5) is 5.82 Å². The summed E-state index contributed by atoms with van der Waals surface area (Å²) in [6, 6.07) is 11.3. The highest BCUT2D eigenvalue weighted by atomic mass is 15.5. The smallest absolute Gasteiger partial charge is 0.275 e. The molecule has 2 N–H and O–H groups in total. The second kappa shape index (κ2) is 3.78. The van der Waals surface area contributed by atoms with Gasteiger partial charge in [0.2, 0.25) is 0 Å². The first kappa shape index (κ1) is 10.2. The Hall–Kier alpha value is -3.01. The molecule has 2 aromatic heterocycles. The van der Waals surface area contributed by atoms with Crippen LogP contribution in [0.25, 0.3) is 17.0 Å². The van der Waals surface area contributed by atoms with Gasteiger partial charge < -0.3 is 5.73 Å². The van der Waals surface area contributed by atoms with Crippen LogP contribution in [-0.2, 0) is 0 Å². The maximum atomic E-state index is 9.21. The molecule has 0 atom stereocenters. The van der Waals surface area contributed by atoms with Gasteiger partial charge >= 0.3 is 0 Å². The zero-order valence-electron chi connectivity index (χ0n) is 9.15. The number of hydrogen-bond acceptors (Lipinski definition) is 6. The first-order valence-corrected chi connectivity index (χ1v) is 5.14. The van der Waals surface area contributed by atoms with Crippen molar-refractivity contribution in [3.8, 4) is 17.3 Å². The quantitative estimate of drug-likeness (QED) is 0.665. The van der Waals surface area contributed by atoms with Crippen molar-refractivity contribution in [3.63, 3.8) is 0 Å². The number of hydrogen-bond donors (Lipinski definition) is 1. The highest BCUT2D eigenvalue weighted by Gasteiger charge is 2.15. The molecule has 7 heteroatoms. The van der Waals surface area contributed by atoms with Gasteiger partial charge in [0, 0.05) is 5.56 Å². The van der Waals surface area contributed by atoms with Crippen molar-refractivity contribution in [1.82, 2.24) is 25.0 Å². The lowest BCUT2D eigenvalue weighted by Crippen LogP contribution is -2.06. The van der Waals surface area contributed by atoms with Crippen molar-refractivity contribution >= 4 is 11.6 Å². The fourth-order valence-corrected chi connectivity index (χ4v) is 1.71. The molecule has 0 aliphatic rings. The van der Waals surface area contributed by atoms with Crippen LogP contribution in [0.2, 0.25) is 0 Å². The molecule has 0 bridgehead atoms. The number of fused-ring (bicyclic) bond motifs is 1. The van der Waals surface area contributed by atoms with E-state index in [1.165, 1.54) is 4.52 Å². The Kier molecular flexibility index (Phi) is 2.13. The third-order valence-corrected chi connectivity index (χ3v) is 2.55. The van der Waals surface area contributed by atoms with Gasteiger partial charge in [-0.05, 0) is 10.4 Å². The Morgan fingerprint density at radius 2 is 2.00 bits per heavy atom. The molecule has 86 valence electrons. The Morgan fingerprint density at radius 1 is 1.22 bits per heavy atom. The molecule has 0 spiro atoms. The summed E-state index contributed by atoms with van der Waals surface area (Å²) in [5.41, 5.74) is 7.42. The molecule has 0 saturated heterocycles. The van der Waals surface area contributed by atoms with E-state index in [9.17, 15) is 5.26 Å². The fraction of sp³-hybridized carbons (Fsp3) is 0. The minimum Gasteiger partial charge on any atom is -0.382 e. The molecule has 0 aliphatic heterocycles. The van der Waals surface area contributed by atoms with Gasteiger partial charge in [-0.3, -0.25) is 0 Å². The second-order valence-electron chi connectivity index (χ2n) is 3.59. The molecule has 1 aromatic carbocycles. The second-order valence-corrected chi connectivity index (χ2v) is 3.59. The lowest BCUT2D eigenvalue weighted by atomic mass is 10.1. The predicted molar refractivity (Wildman–Crippen MR) is 63.1 cm³/mol. The number of nitriles is 1. The standard InChI is InChI=1S/C11H7N7/c12-6-8-9(7-4-2-1-3-5-7)14-11-15-16-17-18(11)10(8)13/h1-5H,13H2. The van der Waals surface area contributed by atoms with Crippen molar-refractivity contribution in [1.29, 1.82) is 5.26 Å². The number of nitrogens with zero attached hydrogens (tertiary/aromatic N) is 6. The minimum atomic E-state index is 0.186. The summed E-state index contributed by atoms with van der Waals surface area (Å²) >= 11 is 0. The largest absolute Gasteiger partial charge is 0.382 e. The van der Waals surface area contributed by atoms with E-state index in [0.29, 0.717) is 5.69 Å². The molecule has 3 rings (SSSR count). The Balaban J connectivity index is 2.39. The van der Waals surface area contributed by atoms with Crippen LogP contribution in [0.3, 0.4) is 0 Å². The summed E-state index contributed by atoms with van der Waals surface area (Å²) in [5.74, 6) is 0.455. The lowest BCUT2D eigenvalue weighted by molar-refractivity contribution is 0.827. The zero-order valence-corrected chi connectivity index (χ0v) is 9.15. The topological polar surface area (TPSA) is 106 Å². The molecule has 7 nitrogen and oxygen atoms in total. The number of rotatable bonds is 1. The van der Waals surface area contributed by atoms with Crippen LogP contribution < -0.4 is 5.73 Å². The molecule has 0 unspecified atom stereocenters. The molecule has 0 amide bonds. The van der Waals surface area contributed by atoms with E-state index in [1.54, 1.807) is 0 Å². The van der Waals surface area contributed by atoms with Crippen molar-refractivity contribution in [2.45, 2.75) is 0 Å². The van der Waals surface area contributed by atoms with Crippen LogP contribution in [-0.4, -0.2) is 25.0 Å². The molecule has 3 aromatic rings. The molecular weight excluding hydrogens is 230 g/mol. The maximum absolute atomic E-state index is 9.21. The van der Waals surface area contributed by atoms with E-state index < -0.39 is 0 Å². The van der Waals surface area contributed by atoms with Crippen molar-refractivity contribution in [2.75, 3.05) is 5.73 Å². The number of benzene rings is 1. The third-order valence-electron chi connectivity index (χ3n) is 2.55. The molecule has 0 saturated carbocycles. The molecule has 2 heterocycles. The van der Waals surface area contributed by atoms with Crippen molar-refractivity contribution in [3.05, 3.63) is 35.9 Å². The van der Waals surface area contributed by atoms with Crippen LogP contribution in [0, 0.1) is 11.3 Å². The first-order chi connectivity index (χ1) is 8.81. The third kappa shape index (κ3) is 1.36. The SMILES string of the molecule is N#Cc1c(-c2ccccc2)nc2nnnn2c1N. The minimum absolute atomic E-state index is 0.186. The average Bonchev–Trinajstić information content (AvgIpc) is 2.88. The van der Waals surface area contributed by atoms with E-state index in [-0.39, 0.29) is 17.2 Å². The van der Waals surface area contributed by atoms with E-state index in [0.717, 1.165) is 5.56 Å². The van der Waals surface area contributed by atoms with E-state index in [2.05, 4.69) is 20.5 Å². The van der Waals surface area contributed by atoms with Gasteiger partial charge in [0.05, 0.1) is 5.69 Å². The average molecular weight is 237 g/mol. The van der Waals surface area contributed by atoms with Gasteiger partial charge in [-0.1, -0.05) is 35.4 Å². The number of tetrazole rings is 1. The van der Waals surface area contributed by atoms with Crippen molar-refractivity contribution < 1.29 is 0 Å². The number of anilines is 1. The molecule has 0 fully saturated rings. The molecule has 0 radical (unpaired) electrons. The number of nitrogen functional groups attached to an aromatic ring is 1. The van der Waals surface area contributed by atoms with Crippen molar-refractivity contribution in [2.24, 2.45) is 0 Å². The highest BCUT2D eigenvalue weighted by molar-refractivity contribution is 5.73. The Labute approximate surface area is 101 Å². The summed E-state index contributed by atoms with van der Waals surface area (Å²) in [4.78, 5) is 4.26. The summed E-state index contributed by atoms with van der Waals surface area (Å²) in [6.07, 6.45) is 0. The summed E-state index contributed by atoms with van der Waals surface area (Å²) < 4.78 is 1.24. The maximum Gasteiger partial charge on any atom is 0.275 e. The monoisotopic (exact) mass is 237 g/mol. The van der Waals surface area contributed by atoms with Gasteiger partial charge in [0.15, 0.2) is 5.82 Å². The summed E-state index contributed by atoms with van der Waals surface area (Å²) in [6.45, 7) is 0. The Bertz CT molecular complexity index is 754. The van der Waals surface area contributed by atoms with E-state index in [4.69, 9.17) is 5.73 Å². The van der Waals surface area contributed by atoms with Gasteiger partial charge in [-0.2, -0.15) is 9.78 Å². The summed E-state index contributed by atoms with van der Waals surface area (Å²) in [7, 11) is 0. The van der Waals surface area contributed by atoms with E-state index in [1.807, 2.05) is 36.4 Å². The number of aromatic nitrogens is 5. The highest BCUT2D eigenvalue weighted by Crippen LogP contribution is 2.25. The number of nitrogens with two attached hydrogens (primary N) is 1. The van der Waals surface area contributed by atoms with Crippen LogP contribution in [0.15, 0.2) is 30.3 Å². The van der Waals surface area contributed by atoms with E-state index >= 15 is 0 Å². The summed E-state index contributed by atoms with van der Waals surface area (Å²) in [5, 5.41) is 20.1. The first-order valence-electron chi connectivity index (χ1n) is 5.14. The lowest BCUT2D eigenvalue weighted by Gasteiger charge is -2.06. The van der Waals surface area contributed by atoms with Crippen LogP contribution in [0.1, 0.15) is 5.56 Å². The predicted octanol–water partition coefficient (Wildman–Crippen LogP) is 0.640. The van der Waals surface area contributed by atoms with Crippen LogP contribution in [0.5, 0.6) is 0 Å². The van der Waals surface area contributed by atoms with Crippen LogP contribution >= 0.6 is 0 Å². The molecular formula is C11H7N7. The van der Waals surface area contributed by atoms with Gasteiger partial charge in [0.25, 0.3) is 5.78 Å². The normalized spacial score (nSPS) is 10.4. The Morgan fingerprint density at radius 3 is 2.72 bits per heavy atom. The molecule has 0 aliphatic carbocycles. The van der Waals surface area contributed by atoms with Gasteiger partial charge in [-0.25, -0.2) is 4.98 Å². The molecule has 18 heavy (non-hydrogen) atoms.